The fourth-order valence-corrected chi connectivity index (χ4v) is 5.96. The number of piperazine rings is 1. The van der Waals surface area contributed by atoms with Crippen molar-refractivity contribution in [1.29, 1.82) is 0 Å². The van der Waals surface area contributed by atoms with Crippen LogP contribution < -0.4 is 4.90 Å². The zero-order valence-corrected chi connectivity index (χ0v) is 22.4. The Hall–Kier alpha value is -1.37. The Bertz CT molecular complexity index is 1120. The molecule has 1 saturated heterocycles. The maximum atomic E-state index is 6.53. The highest BCUT2D eigenvalue weighted by atomic mass is 35.5. The van der Waals surface area contributed by atoms with E-state index in [2.05, 4.69) is 52.4 Å². The highest BCUT2D eigenvalue weighted by molar-refractivity contribution is 7.97. The lowest BCUT2D eigenvalue weighted by molar-refractivity contribution is 0.365. The predicted octanol–water partition coefficient (Wildman–Crippen LogP) is 7.77. The number of anilines is 1. The van der Waals surface area contributed by atoms with Crippen molar-refractivity contribution < 1.29 is 0 Å². The van der Waals surface area contributed by atoms with Gasteiger partial charge in [-0.3, -0.25) is 4.68 Å². The van der Waals surface area contributed by atoms with E-state index in [1.165, 1.54) is 16.8 Å². The summed E-state index contributed by atoms with van der Waals surface area (Å²) in [7, 11) is 1.88. The molecule has 0 radical (unpaired) electrons. The van der Waals surface area contributed by atoms with Gasteiger partial charge >= 0.3 is 0 Å². The van der Waals surface area contributed by atoms with Crippen LogP contribution in [0.4, 0.5) is 5.69 Å². The molecule has 3 aromatic rings. The lowest BCUT2D eigenvalue weighted by Crippen LogP contribution is -2.46. The van der Waals surface area contributed by atoms with Gasteiger partial charge in [-0.05, 0) is 72.7 Å². The highest BCUT2D eigenvalue weighted by Gasteiger charge is 2.32. The molecule has 8 heteroatoms. The van der Waals surface area contributed by atoms with Gasteiger partial charge in [0.1, 0.15) is 5.15 Å². The summed E-state index contributed by atoms with van der Waals surface area (Å²) >= 11 is 20.9. The van der Waals surface area contributed by atoms with Gasteiger partial charge < -0.3 is 4.90 Å². The molecule has 0 bridgehead atoms. The van der Waals surface area contributed by atoms with Gasteiger partial charge in [-0.1, -0.05) is 60.8 Å². The van der Waals surface area contributed by atoms with Crippen LogP contribution >= 0.6 is 46.8 Å². The van der Waals surface area contributed by atoms with Crippen LogP contribution in [-0.4, -0.2) is 33.7 Å². The van der Waals surface area contributed by atoms with Crippen LogP contribution in [0.15, 0.2) is 47.4 Å². The summed E-state index contributed by atoms with van der Waals surface area (Å²) in [6.07, 6.45) is 1.06. The zero-order chi connectivity index (χ0) is 23.7. The van der Waals surface area contributed by atoms with E-state index in [0.29, 0.717) is 11.1 Å². The Balaban J connectivity index is 1.69. The summed E-state index contributed by atoms with van der Waals surface area (Å²) < 4.78 is 4.13. The van der Waals surface area contributed by atoms with Crippen LogP contribution in [0.5, 0.6) is 0 Å². The molecule has 1 aliphatic rings. The molecule has 2 aromatic carbocycles. The van der Waals surface area contributed by atoms with Crippen molar-refractivity contribution in [1.82, 2.24) is 14.1 Å². The van der Waals surface area contributed by atoms with Crippen molar-refractivity contribution in [3.05, 3.63) is 74.5 Å². The van der Waals surface area contributed by atoms with E-state index in [4.69, 9.17) is 34.8 Å². The number of benzene rings is 2. The molecule has 4 nitrogen and oxygen atoms in total. The minimum absolute atomic E-state index is 0.170. The Morgan fingerprint density at radius 2 is 1.76 bits per heavy atom. The van der Waals surface area contributed by atoms with E-state index in [9.17, 15) is 0 Å². The van der Waals surface area contributed by atoms with Crippen LogP contribution in [0, 0.1) is 6.92 Å². The Morgan fingerprint density at radius 1 is 1.06 bits per heavy atom. The second-order valence-corrected chi connectivity index (χ2v) is 10.9. The van der Waals surface area contributed by atoms with Gasteiger partial charge in [0.2, 0.25) is 0 Å². The van der Waals surface area contributed by atoms with Crippen molar-refractivity contribution in [2.75, 3.05) is 24.5 Å². The second-order valence-electron chi connectivity index (χ2n) is 8.58. The lowest BCUT2D eigenvalue weighted by Gasteiger charge is -2.43. The number of aromatic nitrogens is 2. The van der Waals surface area contributed by atoms with E-state index in [1.54, 1.807) is 16.6 Å². The largest absolute Gasteiger partial charge is 0.362 e. The van der Waals surface area contributed by atoms with E-state index < -0.39 is 0 Å². The van der Waals surface area contributed by atoms with E-state index in [-0.39, 0.29) is 6.04 Å². The SMILES string of the molecule is CCC(C)c1cc(Cl)ccc1N1CCN(Sc2c(C)nn(C)c2Cl)CC1c1ccc(Cl)cc1. The third kappa shape index (κ3) is 5.33. The first kappa shape index (κ1) is 24.7. The summed E-state index contributed by atoms with van der Waals surface area (Å²) in [4.78, 5) is 3.55. The molecule has 33 heavy (non-hydrogen) atoms. The van der Waals surface area contributed by atoms with Crippen LogP contribution in [0.3, 0.4) is 0 Å². The molecular weight excluding hydrogens is 495 g/mol. The second kappa shape index (κ2) is 10.5. The first-order chi connectivity index (χ1) is 15.8. The number of rotatable bonds is 6. The lowest BCUT2D eigenvalue weighted by atomic mass is 9.94. The number of hydrogen-bond acceptors (Lipinski definition) is 4. The standard InChI is InChI=1S/C25H29Cl3N4S/c1-5-16(2)21-14-20(27)10-11-22(21)32-13-12-31(33-24-17(3)29-30(4)25(24)28)15-23(32)18-6-8-19(26)9-7-18/h6-11,14,16,23H,5,12-13,15H2,1-4H3. The number of halogens is 3. The summed E-state index contributed by atoms with van der Waals surface area (Å²) in [6, 6.07) is 14.7. The molecule has 0 saturated carbocycles. The van der Waals surface area contributed by atoms with Crippen LogP contribution in [-0.2, 0) is 7.05 Å². The summed E-state index contributed by atoms with van der Waals surface area (Å²) in [6.45, 7) is 9.14. The Morgan fingerprint density at radius 3 is 2.39 bits per heavy atom. The summed E-state index contributed by atoms with van der Waals surface area (Å²) in [5.41, 5.74) is 4.75. The van der Waals surface area contributed by atoms with Crippen molar-refractivity contribution in [2.24, 2.45) is 7.05 Å². The molecule has 0 spiro atoms. The van der Waals surface area contributed by atoms with Gasteiger partial charge in [0.25, 0.3) is 0 Å². The van der Waals surface area contributed by atoms with E-state index in [1.807, 2.05) is 32.2 Å². The number of nitrogens with zero attached hydrogens (tertiary/aromatic N) is 4. The van der Waals surface area contributed by atoms with E-state index >= 15 is 0 Å². The summed E-state index contributed by atoms with van der Waals surface area (Å²) in [5.74, 6) is 0.425. The van der Waals surface area contributed by atoms with Gasteiger partial charge in [0, 0.05) is 42.4 Å². The number of hydrogen-bond donors (Lipinski definition) is 0. The van der Waals surface area contributed by atoms with Crippen molar-refractivity contribution in [2.45, 2.75) is 44.0 Å². The molecule has 2 atom stereocenters. The smallest absolute Gasteiger partial charge is 0.141 e. The van der Waals surface area contributed by atoms with Gasteiger partial charge in [0.15, 0.2) is 0 Å². The molecule has 4 rings (SSSR count). The Labute approximate surface area is 215 Å². The molecule has 0 aliphatic carbocycles. The van der Waals surface area contributed by atoms with Crippen molar-refractivity contribution >= 4 is 52.4 Å². The maximum Gasteiger partial charge on any atom is 0.141 e. The fourth-order valence-electron chi connectivity index (χ4n) is 4.34. The average Bonchev–Trinajstić information content (AvgIpc) is 3.05. The van der Waals surface area contributed by atoms with Gasteiger partial charge in [-0.25, -0.2) is 4.31 Å². The molecule has 1 aliphatic heterocycles. The van der Waals surface area contributed by atoms with Gasteiger partial charge in [-0.2, -0.15) is 5.10 Å². The monoisotopic (exact) mass is 522 g/mol. The predicted molar refractivity (Wildman–Crippen MR) is 142 cm³/mol. The quantitative estimate of drug-likeness (QED) is 0.308. The highest BCUT2D eigenvalue weighted by Crippen LogP contribution is 2.41. The minimum atomic E-state index is 0.170. The molecule has 0 N–H and O–H groups in total. The van der Waals surface area contributed by atoms with Crippen LogP contribution in [0.1, 0.15) is 49.0 Å². The fraction of sp³-hybridized carbons (Fsp3) is 0.400. The van der Waals surface area contributed by atoms with Crippen LogP contribution in [0.2, 0.25) is 15.2 Å². The molecule has 0 amide bonds. The third-order valence-corrected chi connectivity index (χ3v) is 8.65. The van der Waals surface area contributed by atoms with E-state index in [0.717, 1.165) is 46.7 Å². The molecular formula is C25H29Cl3N4S. The maximum absolute atomic E-state index is 6.53. The third-order valence-electron chi connectivity index (χ3n) is 6.36. The normalized spacial score (nSPS) is 18.0. The van der Waals surface area contributed by atoms with Crippen molar-refractivity contribution in [3.63, 3.8) is 0 Å². The molecule has 1 aromatic heterocycles. The Kier molecular flexibility index (Phi) is 7.87. The number of aryl methyl sites for hydroxylation is 2. The summed E-state index contributed by atoms with van der Waals surface area (Å²) in [5, 5.41) is 6.69. The molecule has 176 valence electrons. The molecule has 2 unspecified atom stereocenters. The first-order valence-corrected chi connectivity index (χ1v) is 13.1. The van der Waals surface area contributed by atoms with Gasteiger partial charge in [-0.15, -0.1) is 0 Å². The average molecular weight is 524 g/mol. The van der Waals surface area contributed by atoms with Crippen molar-refractivity contribution in [3.8, 4) is 0 Å². The molecule has 2 heterocycles. The first-order valence-electron chi connectivity index (χ1n) is 11.2. The van der Waals surface area contributed by atoms with Crippen LogP contribution in [0.25, 0.3) is 0 Å². The molecule has 1 fully saturated rings. The van der Waals surface area contributed by atoms with Gasteiger partial charge in [0.05, 0.1) is 16.6 Å². The topological polar surface area (TPSA) is 24.3 Å². The zero-order valence-electron chi connectivity index (χ0n) is 19.4. The minimum Gasteiger partial charge on any atom is -0.362 e.